The Balaban J connectivity index is 1.74. The molecule has 2 aliphatic rings. The van der Waals surface area contributed by atoms with Gasteiger partial charge in [-0.15, -0.1) is 11.3 Å². The Bertz CT molecular complexity index is 299. The summed E-state index contributed by atoms with van der Waals surface area (Å²) in [6, 6.07) is 4.83. The van der Waals surface area contributed by atoms with Gasteiger partial charge in [0.05, 0.1) is 6.04 Å². The molecule has 0 spiro atoms. The van der Waals surface area contributed by atoms with Gasteiger partial charge in [-0.2, -0.15) is 0 Å². The molecule has 3 unspecified atom stereocenters. The largest absolute Gasteiger partial charge is 0.329 e. The van der Waals surface area contributed by atoms with E-state index in [4.69, 9.17) is 5.73 Å². The average molecular weight is 208 g/mol. The van der Waals surface area contributed by atoms with Gasteiger partial charge in [0.15, 0.2) is 0 Å². The van der Waals surface area contributed by atoms with E-state index in [-0.39, 0.29) is 0 Å². The highest BCUT2D eigenvalue weighted by Gasteiger charge is 2.46. The topological polar surface area (TPSA) is 29.3 Å². The molecule has 1 saturated carbocycles. The van der Waals surface area contributed by atoms with Crippen LogP contribution in [0.4, 0.5) is 0 Å². The summed E-state index contributed by atoms with van der Waals surface area (Å²) in [5, 5.41) is 2.15. The van der Waals surface area contributed by atoms with Crippen LogP contribution < -0.4 is 5.73 Å². The summed E-state index contributed by atoms with van der Waals surface area (Å²) in [7, 11) is 0. The second kappa shape index (κ2) is 3.33. The molecule has 2 fully saturated rings. The highest BCUT2D eigenvalue weighted by Crippen LogP contribution is 2.47. The Morgan fingerprint density at radius 1 is 1.50 bits per heavy atom. The van der Waals surface area contributed by atoms with Gasteiger partial charge in [0.1, 0.15) is 0 Å². The van der Waals surface area contributed by atoms with Crippen molar-refractivity contribution in [2.24, 2.45) is 17.6 Å². The van der Waals surface area contributed by atoms with Crippen LogP contribution in [0, 0.1) is 11.8 Å². The molecule has 3 rings (SSSR count). The lowest BCUT2D eigenvalue weighted by atomic mass is 10.2. The van der Waals surface area contributed by atoms with Crippen molar-refractivity contribution in [3.63, 3.8) is 0 Å². The summed E-state index contributed by atoms with van der Waals surface area (Å²) in [5.74, 6) is 2.01. The lowest BCUT2D eigenvalue weighted by Crippen LogP contribution is -2.32. The lowest BCUT2D eigenvalue weighted by Gasteiger charge is -2.26. The Morgan fingerprint density at radius 3 is 2.86 bits per heavy atom. The van der Waals surface area contributed by atoms with Gasteiger partial charge in [-0.1, -0.05) is 6.07 Å². The van der Waals surface area contributed by atoms with Gasteiger partial charge in [-0.05, 0) is 29.7 Å². The van der Waals surface area contributed by atoms with Crippen LogP contribution in [0.3, 0.4) is 0 Å². The first-order valence-electron chi connectivity index (χ1n) is 5.36. The van der Waals surface area contributed by atoms with Crippen LogP contribution >= 0.6 is 11.3 Å². The van der Waals surface area contributed by atoms with Gasteiger partial charge in [-0.25, -0.2) is 0 Å². The van der Waals surface area contributed by atoms with E-state index in [0.717, 1.165) is 18.4 Å². The molecule has 76 valence electrons. The van der Waals surface area contributed by atoms with Gasteiger partial charge in [0.2, 0.25) is 0 Å². The fraction of sp³-hybridized carbons (Fsp3) is 0.636. The molecule has 0 radical (unpaired) electrons. The fourth-order valence-corrected chi connectivity index (χ4v) is 3.49. The van der Waals surface area contributed by atoms with Gasteiger partial charge in [-0.3, -0.25) is 4.90 Å². The number of fused-ring (bicyclic) bond motifs is 1. The molecule has 1 aliphatic carbocycles. The van der Waals surface area contributed by atoms with Crippen LogP contribution in [0.5, 0.6) is 0 Å². The minimum Gasteiger partial charge on any atom is -0.329 e. The van der Waals surface area contributed by atoms with Crippen molar-refractivity contribution in [3.05, 3.63) is 22.4 Å². The van der Waals surface area contributed by atoms with Crippen LogP contribution in [-0.2, 0) is 0 Å². The molecule has 0 bridgehead atoms. The molecule has 14 heavy (non-hydrogen) atoms. The Morgan fingerprint density at radius 2 is 2.29 bits per heavy atom. The van der Waals surface area contributed by atoms with E-state index in [1.54, 1.807) is 0 Å². The van der Waals surface area contributed by atoms with Crippen molar-refractivity contribution in [3.8, 4) is 0 Å². The molecule has 0 amide bonds. The predicted octanol–water partition coefficient (Wildman–Crippen LogP) is 1.70. The quantitative estimate of drug-likeness (QED) is 0.819. The van der Waals surface area contributed by atoms with Gasteiger partial charge >= 0.3 is 0 Å². The van der Waals surface area contributed by atoms with E-state index in [0.29, 0.717) is 6.04 Å². The highest BCUT2D eigenvalue weighted by atomic mass is 32.1. The minimum absolute atomic E-state index is 0.489. The Labute approximate surface area is 88.7 Å². The maximum absolute atomic E-state index is 5.87. The molecule has 1 saturated heterocycles. The van der Waals surface area contributed by atoms with Gasteiger partial charge < -0.3 is 5.73 Å². The van der Waals surface area contributed by atoms with E-state index in [1.165, 1.54) is 24.4 Å². The van der Waals surface area contributed by atoms with Crippen LogP contribution in [0.15, 0.2) is 17.5 Å². The van der Waals surface area contributed by atoms with Crippen molar-refractivity contribution in [1.29, 1.82) is 0 Å². The monoisotopic (exact) mass is 208 g/mol. The number of hydrogen-bond donors (Lipinski definition) is 1. The third kappa shape index (κ3) is 1.40. The first kappa shape index (κ1) is 8.89. The van der Waals surface area contributed by atoms with E-state index in [9.17, 15) is 0 Å². The molecular weight excluding hydrogens is 192 g/mol. The number of hydrogen-bond acceptors (Lipinski definition) is 3. The summed E-state index contributed by atoms with van der Waals surface area (Å²) in [6.07, 6.45) is 1.47. The average Bonchev–Trinajstić information content (AvgIpc) is 2.70. The summed E-state index contributed by atoms with van der Waals surface area (Å²) in [6.45, 7) is 3.33. The van der Waals surface area contributed by atoms with Crippen molar-refractivity contribution < 1.29 is 0 Å². The SMILES string of the molecule is NCC(c1cccs1)N1CC2CC2C1. The second-order valence-corrected chi connectivity index (χ2v) is 5.46. The van der Waals surface area contributed by atoms with Gasteiger partial charge in [0.25, 0.3) is 0 Å². The zero-order chi connectivity index (χ0) is 9.54. The van der Waals surface area contributed by atoms with E-state index >= 15 is 0 Å². The summed E-state index contributed by atoms with van der Waals surface area (Å²) in [4.78, 5) is 4.01. The molecule has 3 atom stereocenters. The van der Waals surface area contributed by atoms with Crippen molar-refractivity contribution >= 4 is 11.3 Å². The molecule has 2 nitrogen and oxygen atoms in total. The number of piperidine rings is 1. The zero-order valence-electron chi connectivity index (χ0n) is 8.23. The number of nitrogens with two attached hydrogens (primary N) is 1. The molecule has 0 aromatic carbocycles. The standard InChI is InChI=1S/C11H16N2S/c12-5-10(11-2-1-3-14-11)13-6-8-4-9(8)7-13/h1-3,8-10H,4-7,12H2. The minimum atomic E-state index is 0.489. The summed E-state index contributed by atoms with van der Waals surface area (Å²) >= 11 is 1.84. The predicted molar refractivity (Wildman–Crippen MR) is 59.3 cm³/mol. The van der Waals surface area contributed by atoms with Crippen LogP contribution in [0.1, 0.15) is 17.3 Å². The molecule has 3 heteroatoms. The summed E-state index contributed by atoms with van der Waals surface area (Å²) < 4.78 is 0. The molecular formula is C11H16N2S. The molecule has 2 heterocycles. The maximum atomic E-state index is 5.87. The molecule has 1 aliphatic heterocycles. The lowest BCUT2D eigenvalue weighted by molar-refractivity contribution is 0.229. The molecule has 1 aromatic rings. The fourth-order valence-electron chi connectivity index (χ4n) is 2.62. The van der Waals surface area contributed by atoms with Crippen LogP contribution in [-0.4, -0.2) is 24.5 Å². The first-order valence-corrected chi connectivity index (χ1v) is 6.24. The van der Waals surface area contributed by atoms with E-state index < -0.39 is 0 Å². The van der Waals surface area contributed by atoms with Crippen molar-refractivity contribution in [1.82, 2.24) is 4.90 Å². The number of rotatable bonds is 3. The second-order valence-electron chi connectivity index (χ2n) is 4.48. The number of nitrogens with zero attached hydrogens (tertiary/aromatic N) is 1. The van der Waals surface area contributed by atoms with Crippen LogP contribution in [0.25, 0.3) is 0 Å². The number of likely N-dealkylation sites (tertiary alicyclic amines) is 1. The third-order valence-electron chi connectivity index (χ3n) is 3.54. The molecule has 2 N–H and O–H groups in total. The van der Waals surface area contributed by atoms with Gasteiger partial charge in [0, 0.05) is 24.5 Å². The third-order valence-corrected chi connectivity index (χ3v) is 4.52. The van der Waals surface area contributed by atoms with Crippen molar-refractivity contribution in [2.45, 2.75) is 12.5 Å². The highest BCUT2D eigenvalue weighted by molar-refractivity contribution is 7.10. The number of thiophene rings is 1. The Hall–Kier alpha value is -0.380. The summed E-state index contributed by atoms with van der Waals surface area (Å²) in [5.41, 5.74) is 5.87. The Kier molecular flexibility index (Phi) is 2.11. The maximum Gasteiger partial charge on any atom is 0.0564 e. The molecule has 1 aromatic heterocycles. The van der Waals surface area contributed by atoms with E-state index in [2.05, 4.69) is 22.4 Å². The van der Waals surface area contributed by atoms with Crippen molar-refractivity contribution in [2.75, 3.05) is 19.6 Å². The van der Waals surface area contributed by atoms with E-state index in [1.807, 2.05) is 11.3 Å². The smallest absolute Gasteiger partial charge is 0.0564 e. The van der Waals surface area contributed by atoms with Crippen LogP contribution in [0.2, 0.25) is 0 Å². The first-order chi connectivity index (χ1) is 6.88. The zero-order valence-corrected chi connectivity index (χ0v) is 9.04. The normalized spacial score (nSPS) is 32.9.